The summed E-state index contributed by atoms with van der Waals surface area (Å²) in [7, 11) is 0.264. The first-order chi connectivity index (χ1) is 10.1. The summed E-state index contributed by atoms with van der Waals surface area (Å²) in [5.41, 5.74) is 0. The number of nitrogens with zero attached hydrogens (tertiary/aromatic N) is 2. The Balaban J connectivity index is 2.60. The number of sulfonamides is 1. The molecule has 0 radical (unpaired) electrons. The number of hydrogen-bond donors (Lipinski definition) is 1. The zero-order valence-electron chi connectivity index (χ0n) is 14.2. The minimum atomic E-state index is -3.22. The number of carbonyl (C=O) groups excluding carboxylic acids is 1. The summed E-state index contributed by atoms with van der Waals surface area (Å²) < 4.78 is 29.9. The van der Waals surface area contributed by atoms with Gasteiger partial charge in [0.15, 0.2) is 0 Å². The number of hydrogen-bond acceptors (Lipinski definition) is 5. The van der Waals surface area contributed by atoms with Crippen LogP contribution in [0.5, 0.6) is 0 Å². The quantitative estimate of drug-likeness (QED) is 0.653. The second kappa shape index (κ2) is 8.24. The first-order valence-corrected chi connectivity index (χ1v) is 9.42. The van der Waals surface area contributed by atoms with Crippen molar-refractivity contribution in [3.05, 3.63) is 0 Å². The second-order valence-electron chi connectivity index (χ2n) is 6.39. The summed E-state index contributed by atoms with van der Waals surface area (Å²) in [6.07, 6.45) is 1.22. The minimum absolute atomic E-state index is 0.0791. The minimum Gasteiger partial charge on any atom is -0.383 e. The van der Waals surface area contributed by atoms with Gasteiger partial charge in [-0.3, -0.25) is 9.69 Å². The maximum absolute atomic E-state index is 12.1. The van der Waals surface area contributed by atoms with Crippen molar-refractivity contribution < 1.29 is 17.9 Å². The molecular formula is C14H29N3O4S. The highest BCUT2D eigenvalue weighted by atomic mass is 32.2. The number of carbonyl (C=O) groups is 1. The summed E-state index contributed by atoms with van der Waals surface area (Å²) in [5, 5.41) is 2.99. The number of rotatable bonds is 8. The lowest BCUT2D eigenvalue weighted by atomic mass is 9.91. The molecule has 7 nitrogen and oxygen atoms in total. The molecule has 1 N–H and O–H groups in total. The molecule has 0 aliphatic carbocycles. The van der Waals surface area contributed by atoms with Crippen LogP contribution in [0.4, 0.5) is 0 Å². The van der Waals surface area contributed by atoms with E-state index in [2.05, 4.69) is 19.2 Å². The van der Waals surface area contributed by atoms with E-state index in [9.17, 15) is 13.2 Å². The third-order valence-electron chi connectivity index (χ3n) is 4.09. The standard InChI is InChI=1S/C14H29N3O4S/c1-11(2)12-8-17(22(5,19)20)9-13(12)15-14(18)10-16(3)6-7-21-4/h11-13H,6-10H2,1-5H3,(H,15,18)/t12-,13+/m0/s1. The predicted molar refractivity (Wildman–Crippen MR) is 86.0 cm³/mol. The second-order valence-corrected chi connectivity index (χ2v) is 8.37. The van der Waals surface area contributed by atoms with E-state index >= 15 is 0 Å². The number of likely N-dealkylation sites (N-methyl/N-ethyl adjacent to an activating group) is 1. The molecule has 1 rings (SSSR count). The summed E-state index contributed by atoms with van der Waals surface area (Å²) in [5.74, 6) is 0.371. The van der Waals surface area contributed by atoms with Gasteiger partial charge in [0.2, 0.25) is 15.9 Å². The van der Waals surface area contributed by atoms with E-state index in [0.717, 1.165) is 0 Å². The van der Waals surface area contributed by atoms with Crippen molar-refractivity contribution in [3.63, 3.8) is 0 Å². The lowest BCUT2D eigenvalue weighted by Crippen LogP contribution is -2.46. The Morgan fingerprint density at radius 2 is 2.05 bits per heavy atom. The third kappa shape index (κ3) is 5.83. The maximum atomic E-state index is 12.1. The maximum Gasteiger partial charge on any atom is 0.234 e. The molecule has 0 saturated carbocycles. The molecule has 1 saturated heterocycles. The van der Waals surface area contributed by atoms with Crippen molar-refractivity contribution in [2.45, 2.75) is 19.9 Å². The topological polar surface area (TPSA) is 79.0 Å². The number of nitrogens with one attached hydrogen (secondary N) is 1. The van der Waals surface area contributed by atoms with E-state index in [1.807, 2.05) is 11.9 Å². The molecule has 0 spiro atoms. The molecule has 1 aliphatic heterocycles. The van der Waals surface area contributed by atoms with E-state index in [0.29, 0.717) is 32.2 Å². The van der Waals surface area contributed by atoms with Gasteiger partial charge in [-0.05, 0) is 18.9 Å². The largest absolute Gasteiger partial charge is 0.383 e. The van der Waals surface area contributed by atoms with Crippen LogP contribution in [0.3, 0.4) is 0 Å². The van der Waals surface area contributed by atoms with E-state index in [4.69, 9.17) is 4.74 Å². The predicted octanol–water partition coefficient (Wildman–Crippen LogP) is -0.403. The molecule has 0 bridgehead atoms. The van der Waals surface area contributed by atoms with Crippen molar-refractivity contribution >= 4 is 15.9 Å². The Kier molecular flexibility index (Phi) is 7.24. The Bertz CT molecular complexity index is 467. The monoisotopic (exact) mass is 335 g/mol. The molecule has 0 aromatic carbocycles. The van der Waals surface area contributed by atoms with Gasteiger partial charge in [0, 0.05) is 32.8 Å². The first kappa shape index (κ1) is 19.3. The Morgan fingerprint density at radius 1 is 1.41 bits per heavy atom. The van der Waals surface area contributed by atoms with Crippen LogP contribution in [-0.2, 0) is 19.6 Å². The van der Waals surface area contributed by atoms with Gasteiger partial charge in [-0.25, -0.2) is 8.42 Å². The average Bonchev–Trinajstić information content (AvgIpc) is 2.80. The van der Waals surface area contributed by atoms with Gasteiger partial charge in [-0.15, -0.1) is 0 Å². The summed E-state index contributed by atoms with van der Waals surface area (Å²) >= 11 is 0. The third-order valence-corrected chi connectivity index (χ3v) is 5.33. The molecule has 1 heterocycles. The van der Waals surface area contributed by atoms with Crippen molar-refractivity contribution in [1.82, 2.24) is 14.5 Å². The van der Waals surface area contributed by atoms with Gasteiger partial charge in [-0.2, -0.15) is 4.31 Å². The van der Waals surface area contributed by atoms with Crippen LogP contribution in [0.2, 0.25) is 0 Å². The zero-order valence-corrected chi connectivity index (χ0v) is 15.0. The van der Waals surface area contributed by atoms with Crippen LogP contribution in [0, 0.1) is 11.8 Å². The van der Waals surface area contributed by atoms with Gasteiger partial charge < -0.3 is 10.1 Å². The van der Waals surface area contributed by atoms with Crippen molar-refractivity contribution in [3.8, 4) is 0 Å². The van der Waals surface area contributed by atoms with Crippen molar-refractivity contribution in [2.75, 3.05) is 53.2 Å². The smallest absolute Gasteiger partial charge is 0.234 e. The summed E-state index contributed by atoms with van der Waals surface area (Å²) in [4.78, 5) is 14.0. The molecule has 1 amide bonds. The fourth-order valence-electron chi connectivity index (χ4n) is 2.71. The van der Waals surface area contributed by atoms with Gasteiger partial charge in [-0.1, -0.05) is 13.8 Å². The number of amides is 1. The molecule has 8 heteroatoms. The fourth-order valence-corrected chi connectivity index (χ4v) is 3.59. The van der Waals surface area contributed by atoms with Crippen LogP contribution >= 0.6 is 0 Å². The van der Waals surface area contributed by atoms with E-state index in [1.54, 1.807) is 7.11 Å². The first-order valence-electron chi connectivity index (χ1n) is 7.57. The van der Waals surface area contributed by atoms with Crippen LogP contribution in [0.1, 0.15) is 13.8 Å². The van der Waals surface area contributed by atoms with Gasteiger partial charge in [0.25, 0.3) is 0 Å². The number of ether oxygens (including phenoxy) is 1. The summed E-state index contributed by atoms with van der Waals surface area (Å²) in [6, 6.07) is -0.127. The molecule has 0 aromatic rings. The molecule has 1 aliphatic rings. The normalized spacial score (nSPS) is 23.4. The molecule has 2 atom stereocenters. The Hall–Kier alpha value is -0.700. The van der Waals surface area contributed by atoms with Crippen LogP contribution in [0.15, 0.2) is 0 Å². The van der Waals surface area contributed by atoms with Gasteiger partial charge in [0.1, 0.15) is 0 Å². The summed E-state index contributed by atoms with van der Waals surface area (Å²) in [6.45, 7) is 6.47. The molecule has 0 aromatic heterocycles. The number of methoxy groups -OCH3 is 1. The van der Waals surface area contributed by atoms with E-state index < -0.39 is 10.0 Å². The van der Waals surface area contributed by atoms with Crippen molar-refractivity contribution in [1.29, 1.82) is 0 Å². The van der Waals surface area contributed by atoms with Gasteiger partial charge in [0.05, 0.1) is 19.4 Å². The SMILES string of the molecule is COCCN(C)CC(=O)N[C@@H]1CN(S(C)(=O)=O)C[C@H]1C(C)C. The molecule has 130 valence electrons. The highest BCUT2D eigenvalue weighted by molar-refractivity contribution is 7.88. The van der Waals surface area contributed by atoms with E-state index in [1.165, 1.54) is 10.6 Å². The van der Waals surface area contributed by atoms with Gasteiger partial charge >= 0.3 is 0 Å². The van der Waals surface area contributed by atoms with Crippen LogP contribution in [-0.4, -0.2) is 82.8 Å². The van der Waals surface area contributed by atoms with E-state index in [-0.39, 0.29) is 24.4 Å². The average molecular weight is 335 g/mol. The fraction of sp³-hybridized carbons (Fsp3) is 0.929. The Labute approximate surface area is 134 Å². The lowest BCUT2D eigenvalue weighted by molar-refractivity contribution is -0.123. The van der Waals surface area contributed by atoms with Crippen LogP contribution < -0.4 is 5.32 Å². The molecular weight excluding hydrogens is 306 g/mol. The highest BCUT2D eigenvalue weighted by Crippen LogP contribution is 2.26. The van der Waals surface area contributed by atoms with Crippen LogP contribution in [0.25, 0.3) is 0 Å². The molecule has 22 heavy (non-hydrogen) atoms. The van der Waals surface area contributed by atoms with Crippen molar-refractivity contribution in [2.24, 2.45) is 11.8 Å². The highest BCUT2D eigenvalue weighted by Gasteiger charge is 2.39. The zero-order chi connectivity index (χ0) is 16.9. The lowest BCUT2D eigenvalue weighted by Gasteiger charge is -2.24. The molecule has 1 fully saturated rings. The Morgan fingerprint density at radius 3 is 2.55 bits per heavy atom. The molecule has 0 unspecified atom stereocenters.